The van der Waals surface area contributed by atoms with Crippen LogP contribution in [-0.2, 0) is 11.3 Å². The molecule has 1 fully saturated rings. The highest BCUT2D eigenvalue weighted by molar-refractivity contribution is 5.33. The zero-order valence-electron chi connectivity index (χ0n) is 9.90. The summed E-state index contributed by atoms with van der Waals surface area (Å²) in [5.74, 6) is 0.946. The predicted octanol–water partition coefficient (Wildman–Crippen LogP) is 1.96. The van der Waals surface area contributed by atoms with E-state index in [-0.39, 0.29) is 0 Å². The lowest BCUT2D eigenvalue weighted by atomic mass is 10.1. The van der Waals surface area contributed by atoms with Crippen molar-refractivity contribution >= 4 is 0 Å². The number of ether oxygens (including phenoxy) is 2. The average molecular weight is 221 g/mol. The Morgan fingerprint density at radius 1 is 1.44 bits per heavy atom. The van der Waals surface area contributed by atoms with Gasteiger partial charge >= 0.3 is 0 Å². The van der Waals surface area contributed by atoms with Gasteiger partial charge in [0.25, 0.3) is 0 Å². The molecular weight excluding hydrogens is 202 g/mol. The zero-order valence-corrected chi connectivity index (χ0v) is 9.90. The highest BCUT2D eigenvalue weighted by Crippen LogP contribution is 2.18. The summed E-state index contributed by atoms with van der Waals surface area (Å²) in [6, 6.07) is 8.57. The van der Waals surface area contributed by atoms with E-state index in [9.17, 15) is 0 Å². The van der Waals surface area contributed by atoms with Gasteiger partial charge in [0.1, 0.15) is 5.75 Å². The maximum absolute atomic E-state index is 5.52. The maximum Gasteiger partial charge on any atom is 0.123 e. The highest BCUT2D eigenvalue weighted by Gasteiger charge is 2.23. The van der Waals surface area contributed by atoms with Crippen LogP contribution in [0.1, 0.15) is 18.9 Å². The Labute approximate surface area is 96.8 Å². The van der Waals surface area contributed by atoms with Crippen molar-refractivity contribution in [2.75, 3.05) is 13.7 Å². The van der Waals surface area contributed by atoms with Crippen molar-refractivity contribution in [3.63, 3.8) is 0 Å². The third-order valence-electron chi connectivity index (χ3n) is 3.12. The molecule has 3 heteroatoms. The quantitative estimate of drug-likeness (QED) is 0.843. The third kappa shape index (κ3) is 2.54. The van der Waals surface area contributed by atoms with Crippen LogP contribution in [0.15, 0.2) is 24.3 Å². The molecule has 88 valence electrons. The van der Waals surface area contributed by atoms with Gasteiger partial charge in [0, 0.05) is 24.8 Å². The van der Waals surface area contributed by atoms with Gasteiger partial charge in [-0.1, -0.05) is 18.2 Å². The lowest BCUT2D eigenvalue weighted by molar-refractivity contribution is 0.113. The van der Waals surface area contributed by atoms with Gasteiger partial charge in [-0.05, 0) is 19.4 Å². The Kier molecular flexibility index (Phi) is 3.80. The summed E-state index contributed by atoms with van der Waals surface area (Å²) >= 11 is 0. The van der Waals surface area contributed by atoms with Crippen LogP contribution in [-0.4, -0.2) is 25.9 Å². The summed E-state index contributed by atoms with van der Waals surface area (Å²) in [6.07, 6.45) is 1.41. The van der Waals surface area contributed by atoms with E-state index in [4.69, 9.17) is 9.47 Å². The largest absolute Gasteiger partial charge is 0.496 e. The van der Waals surface area contributed by atoms with Crippen LogP contribution in [0, 0.1) is 0 Å². The van der Waals surface area contributed by atoms with E-state index in [0.717, 1.165) is 25.3 Å². The van der Waals surface area contributed by atoms with E-state index in [2.05, 4.69) is 18.3 Å². The van der Waals surface area contributed by atoms with Gasteiger partial charge in [-0.3, -0.25) is 0 Å². The predicted molar refractivity (Wildman–Crippen MR) is 63.7 cm³/mol. The standard InChI is InChI=1S/C13H19NO2/c1-10-12(7-8-16-10)14-9-11-5-3-4-6-13(11)15-2/h3-6,10,12,14H,7-9H2,1-2H3. The molecule has 0 bridgehead atoms. The SMILES string of the molecule is COc1ccccc1CNC1CCOC1C. The lowest BCUT2D eigenvalue weighted by Gasteiger charge is -2.17. The van der Waals surface area contributed by atoms with E-state index in [1.165, 1.54) is 5.56 Å². The van der Waals surface area contributed by atoms with Crippen LogP contribution >= 0.6 is 0 Å². The molecule has 1 aromatic carbocycles. The molecule has 1 aromatic rings. The zero-order chi connectivity index (χ0) is 11.4. The highest BCUT2D eigenvalue weighted by atomic mass is 16.5. The first-order chi connectivity index (χ1) is 7.81. The van der Waals surface area contributed by atoms with Crippen LogP contribution in [0.4, 0.5) is 0 Å². The van der Waals surface area contributed by atoms with Gasteiger partial charge in [0.2, 0.25) is 0 Å². The van der Waals surface area contributed by atoms with E-state index in [0.29, 0.717) is 12.1 Å². The number of para-hydroxylation sites is 1. The number of nitrogens with one attached hydrogen (secondary N) is 1. The minimum atomic E-state index is 0.315. The molecule has 0 aromatic heterocycles. The molecule has 3 nitrogen and oxygen atoms in total. The molecular formula is C13H19NO2. The fourth-order valence-electron chi connectivity index (χ4n) is 2.09. The molecule has 1 saturated heterocycles. The maximum atomic E-state index is 5.52. The van der Waals surface area contributed by atoms with Crippen LogP contribution in [0.2, 0.25) is 0 Å². The first-order valence-corrected chi connectivity index (χ1v) is 5.78. The van der Waals surface area contributed by atoms with Gasteiger partial charge in [0.05, 0.1) is 13.2 Å². The van der Waals surface area contributed by atoms with Crippen molar-refractivity contribution in [2.24, 2.45) is 0 Å². The monoisotopic (exact) mass is 221 g/mol. The fourth-order valence-corrected chi connectivity index (χ4v) is 2.09. The van der Waals surface area contributed by atoms with Crippen LogP contribution in [0.5, 0.6) is 5.75 Å². The molecule has 1 aliphatic heterocycles. The summed E-state index contributed by atoms with van der Waals surface area (Å²) in [5.41, 5.74) is 1.20. The Balaban J connectivity index is 1.93. The Bertz CT molecular complexity index is 340. The first kappa shape index (κ1) is 11.4. The lowest BCUT2D eigenvalue weighted by Crippen LogP contribution is -2.34. The van der Waals surface area contributed by atoms with Gasteiger partial charge in [-0.25, -0.2) is 0 Å². The fraction of sp³-hybridized carbons (Fsp3) is 0.538. The van der Waals surface area contributed by atoms with Crippen LogP contribution in [0.3, 0.4) is 0 Å². The van der Waals surface area contributed by atoms with Crippen molar-refractivity contribution in [1.82, 2.24) is 5.32 Å². The Morgan fingerprint density at radius 2 is 2.25 bits per heavy atom. The molecule has 0 aliphatic carbocycles. The van der Waals surface area contributed by atoms with Crippen LogP contribution in [0.25, 0.3) is 0 Å². The van der Waals surface area contributed by atoms with Crippen molar-refractivity contribution in [3.05, 3.63) is 29.8 Å². The van der Waals surface area contributed by atoms with Crippen LogP contribution < -0.4 is 10.1 Å². The third-order valence-corrected chi connectivity index (χ3v) is 3.12. The number of methoxy groups -OCH3 is 1. The van der Waals surface area contributed by atoms with Crippen molar-refractivity contribution in [2.45, 2.75) is 32.0 Å². The van der Waals surface area contributed by atoms with E-state index in [1.807, 2.05) is 18.2 Å². The molecule has 0 spiro atoms. The normalized spacial score (nSPS) is 24.6. The second-order valence-corrected chi connectivity index (χ2v) is 4.16. The summed E-state index contributed by atoms with van der Waals surface area (Å²) in [4.78, 5) is 0. The van der Waals surface area contributed by atoms with Gasteiger partial charge < -0.3 is 14.8 Å². The summed E-state index contributed by atoms with van der Waals surface area (Å²) in [6.45, 7) is 3.82. The minimum absolute atomic E-state index is 0.315. The molecule has 2 atom stereocenters. The number of rotatable bonds is 4. The average Bonchev–Trinajstić information content (AvgIpc) is 2.72. The molecule has 0 amide bonds. The molecule has 1 aliphatic rings. The molecule has 2 rings (SSSR count). The van der Waals surface area contributed by atoms with Gasteiger partial charge in [-0.15, -0.1) is 0 Å². The molecule has 0 saturated carbocycles. The summed E-state index contributed by atoms with van der Waals surface area (Å²) < 4.78 is 10.8. The first-order valence-electron chi connectivity index (χ1n) is 5.78. The van der Waals surface area contributed by atoms with E-state index in [1.54, 1.807) is 7.11 Å². The number of hydrogen-bond donors (Lipinski definition) is 1. The van der Waals surface area contributed by atoms with Crippen molar-refractivity contribution < 1.29 is 9.47 Å². The Morgan fingerprint density at radius 3 is 2.94 bits per heavy atom. The second kappa shape index (κ2) is 5.32. The molecule has 2 unspecified atom stereocenters. The Hall–Kier alpha value is -1.06. The van der Waals surface area contributed by atoms with Gasteiger partial charge in [0.15, 0.2) is 0 Å². The number of benzene rings is 1. The molecule has 0 radical (unpaired) electrons. The van der Waals surface area contributed by atoms with E-state index >= 15 is 0 Å². The minimum Gasteiger partial charge on any atom is -0.496 e. The smallest absolute Gasteiger partial charge is 0.123 e. The molecule has 1 heterocycles. The summed E-state index contributed by atoms with van der Waals surface area (Å²) in [5, 5.41) is 3.52. The number of hydrogen-bond acceptors (Lipinski definition) is 3. The van der Waals surface area contributed by atoms with Crippen molar-refractivity contribution in [1.29, 1.82) is 0 Å². The van der Waals surface area contributed by atoms with E-state index < -0.39 is 0 Å². The second-order valence-electron chi connectivity index (χ2n) is 4.16. The summed E-state index contributed by atoms with van der Waals surface area (Å²) in [7, 11) is 1.71. The van der Waals surface area contributed by atoms with Crippen molar-refractivity contribution in [3.8, 4) is 5.75 Å². The topological polar surface area (TPSA) is 30.5 Å². The van der Waals surface area contributed by atoms with Gasteiger partial charge in [-0.2, -0.15) is 0 Å². The molecule has 1 N–H and O–H groups in total. The molecule has 16 heavy (non-hydrogen) atoms.